The largest absolute Gasteiger partial charge is 0.487 e. The zero-order chi connectivity index (χ0) is 20.5. The van der Waals surface area contributed by atoms with Crippen molar-refractivity contribution in [1.82, 2.24) is 4.98 Å². The van der Waals surface area contributed by atoms with Gasteiger partial charge in [0.25, 0.3) is 0 Å². The maximum absolute atomic E-state index is 12.1. The molecule has 29 heavy (non-hydrogen) atoms. The molecule has 2 aromatic carbocycles. The first kappa shape index (κ1) is 19.8. The highest BCUT2D eigenvalue weighted by Crippen LogP contribution is 2.15. The Bertz CT molecular complexity index is 999. The second-order valence-corrected chi connectivity index (χ2v) is 6.07. The SMILES string of the molecule is COC(=O)c1cccc(NC(=O)C=Cc2ccc(OCc3ccccn3)cc2)c1. The lowest BCUT2D eigenvalue weighted by atomic mass is 10.2. The molecule has 0 aliphatic heterocycles. The van der Waals surface area contributed by atoms with E-state index in [2.05, 4.69) is 15.0 Å². The van der Waals surface area contributed by atoms with Crippen molar-refractivity contribution in [3.63, 3.8) is 0 Å². The van der Waals surface area contributed by atoms with Crippen molar-refractivity contribution < 1.29 is 19.1 Å². The van der Waals surface area contributed by atoms with E-state index >= 15 is 0 Å². The number of carbonyl (C=O) groups excluding carboxylic acids is 2. The molecule has 0 fully saturated rings. The summed E-state index contributed by atoms with van der Waals surface area (Å²) >= 11 is 0. The number of pyridine rings is 1. The lowest BCUT2D eigenvalue weighted by Crippen LogP contribution is -2.09. The van der Waals surface area contributed by atoms with Gasteiger partial charge in [-0.15, -0.1) is 0 Å². The molecule has 0 saturated heterocycles. The maximum Gasteiger partial charge on any atom is 0.337 e. The Balaban J connectivity index is 1.54. The van der Waals surface area contributed by atoms with Crippen LogP contribution >= 0.6 is 0 Å². The molecular formula is C23H20N2O4. The van der Waals surface area contributed by atoms with Gasteiger partial charge >= 0.3 is 5.97 Å². The predicted octanol–water partition coefficient (Wildman–Crippen LogP) is 4.10. The lowest BCUT2D eigenvalue weighted by Gasteiger charge is -2.06. The number of nitrogens with one attached hydrogen (secondary N) is 1. The zero-order valence-corrected chi connectivity index (χ0v) is 15.9. The standard InChI is InChI=1S/C23H20N2O4/c1-28-23(27)18-5-4-7-19(15-18)25-22(26)13-10-17-8-11-21(12-9-17)29-16-20-6-2-3-14-24-20/h2-15H,16H2,1H3,(H,25,26). The molecule has 1 amide bonds. The van der Waals surface area contributed by atoms with Crippen molar-refractivity contribution in [2.24, 2.45) is 0 Å². The van der Waals surface area contributed by atoms with Gasteiger partial charge in [0.1, 0.15) is 12.4 Å². The number of hydrogen-bond donors (Lipinski definition) is 1. The van der Waals surface area contributed by atoms with E-state index in [1.165, 1.54) is 13.2 Å². The second-order valence-electron chi connectivity index (χ2n) is 6.07. The van der Waals surface area contributed by atoms with E-state index in [9.17, 15) is 9.59 Å². The van der Waals surface area contributed by atoms with Crippen LogP contribution < -0.4 is 10.1 Å². The lowest BCUT2D eigenvalue weighted by molar-refractivity contribution is -0.111. The van der Waals surface area contributed by atoms with E-state index in [4.69, 9.17) is 4.74 Å². The summed E-state index contributed by atoms with van der Waals surface area (Å²) in [4.78, 5) is 27.9. The van der Waals surface area contributed by atoms with E-state index in [1.807, 2.05) is 42.5 Å². The van der Waals surface area contributed by atoms with Crippen LogP contribution in [0.15, 0.2) is 79.0 Å². The van der Waals surface area contributed by atoms with Gasteiger partial charge in [0.2, 0.25) is 5.91 Å². The number of rotatable bonds is 7. The highest BCUT2D eigenvalue weighted by Gasteiger charge is 2.06. The molecule has 0 spiro atoms. The molecule has 1 aromatic heterocycles. The summed E-state index contributed by atoms with van der Waals surface area (Å²) in [5.74, 6) is -0.0404. The molecule has 6 heteroatoms. The topological polar surface area (TPSA) is 77.5 Å². The third-order valence-corrected chi connectivity index (χ3v) is 3.97. The van der Waals surface area contributed by atoms with Crippen LogP contribution in [0, 0.1) is 0 Å². The number of aromatic nitrogens is 1. The molecule has 0 saturated carbocycles. The molecule has 0 atom stereocenters. The van der Waals surface area contributed by atoms with Crippen molar-refractivity contribution in [3.8, 4) is 5.75 Å². The van der Waals surface area contributed by atoms with Crippen LogP contribution in [0.25, 0.3) is 6.08 Å². The summed E-state index contributed by atoms with van der Waals surface area (Å²) in [6.07, 6.45) is 4.85. The van der Waals surface area contributed by atoms with E-state index in [0.717, 1.165) is 17.0 Å². The molecule has 1 N–H and O–H groups in total. The molecule has 0 unspecified atom stereocenters. The average Bonchev–Trinajstić information content (AvgIpc) is 2.77. The molecule has 0 radical (unpaired) electrons. The van der Waals surface area contributed by atoms with Crippen molar-refractivity contribution in [1.29, 1.82) is 0 Å². The number of ether oxygens (including phenoxy) is 2. The Hall–Kier alpha value is -3.93. The van der Waals surface area contributed by atoms with Gasteiger partial charge in [-0.05, 0) is 54.1 Å². The first-order valence-electron chi connectivity index (χ1n) is 8.94. The Kier molecular flexibility index (Phi) is 6.73. The summed E-state index contributed by atoms with van der Waals surface area (Å²) < 4.78 is 10.4. The number of carbonyl (C=O) groups is 2. The minimum absolute atomic E-state index is 0.303. The van der Waals surface area contributed by atoms with Gasteiger partial charge in [0.15, 0.2) is 0 Å². The first-order chi connectivity index (χ1) is 14.1. The van der Waals surface area contributed by atoms with Crippen molar-refractivity contribution in [3.05, 3.63) is 95.8 Å². The summed E-state index contributed by atoms with van der Waals surface area (Å²) in [6, 6.07) is 19.6. The summed E-state index contributed by atoms with van der Waals surface area (Å²) in [6.45, 7) is 0.392. The van der Waals surface area contributed by atoms with Gasteiger partial charge < -0.3 is 14.8 Å². The third kappa shape index (κ3) is 6.04. The number of hydrogen-bond acceptors (Lipinski definition) is 5. The predicted molar refractivity (Wildman–Crippen MR) is 110 cm³/mol. The normalized spacial score (nSPS) is 10.5. The van der Waals surface area contributed by atoms with Crippen LogP contribution in [0.1, 0.15) is 21.6 Å². The van der Waals surface area contributed by atoms with Crippen LogP contribution in [0.4, 0.5) is 5.69 Å². The van der Waals surface area contributed by atoms with Gasteiger partial charge in [-0.3, -0.25) is 9.78 Å². The van der Waals surface area contributed by atoms with E-state index < -0.39 is 5.97 Å². The van der Waals surface area contributed by atoms with E-state index in [1.54, 1.807) is 36.5 Å². The van der Waals surface area contributed by atoms with Crippen LogP contribution in [0.5, 0.6) is 5.75 Å². The number of anilines is 1. The Morgan fingerprint density at radius 1 is 1.03 bits per heavy atom. The Labute approximate surface area is 168 Å². The monoisotopic (exact) mass is 388 g/mol. The fraction of sp³-hybridized carbons (Fsp3) is 0.0870. The van der Waals surface area contributed by atoms with Crippen molar-refractivity contribution in [2.75, 3.05) is 12.4 Å². The van der Waals surface area contributed by atoms with Gasteiger partial charge in [-0.1, -0.05) is 24.3 Å². The van der Waals surface area contributed by atoms with E-state index in [-0.39, 0.29) is 5.91 Å². The highest BCUT2D eigenvalue weighted by atomic mass is 16.5. The average molecular weight is 388 g/mol. The highest BCUT2D eigenvalue weighted by molar-refractivity contribution is 6.02. The van der Waals surface area contributed by atoms with E-state index in [0.29, 0.717) is 17.9 Å². The van der Waals surface area contributed by atoms with Crippen molar-refractivity contribution >= 4 is 23.6 Å². The molecule has 3 rings (SSSR count). The maximum atomic E-state index is 12.1. The summed E-state index contributed by atoms with van der Waals surface area (Å²) in [5, 5.41) is 2.72. The third-order valence-electron chi connectivity index (χ3n) is 3.97. The molecule has 0 aliphatic rings. The van der Waals surface area contributed by atoms with Gasteiger partial charge in [0.05, 0.1) is 18.4 Å². The minimum atomic E-state index is -0.456. The number of benzene rings is 2. The molecular weight excluding hydrogens is 368 g/mol. The molecule has 146 valence electrons. The molecule has 3 aromatic rings. The fourth-order valence-corrected chi connectivity index (χ4v) is 2.51. The molecule has 6 nitrogen and oxygen atoms in total. The van der Waals surface area contributed by atoms with Crippen LogP contribution in [-0.4, -0.2) is 24.0 Å². The zero-order valence-electron chi connectivity index (χ0n) is 15.9. The first-order valence-corrected chi connectivity index (χ1v) is 8.94. The number of nitrogens with zero attached hydrogens (tertiary/aromatic N) is 1. The molecule has 0 bridgehead atoms. The number of methoxy groups -OCH3 is 1. The van der Waals surface area contributed by atoms with Gasteiger partial charge in [-0.2, -0.15) is 0 Å². The van der Waals surface area contributed by atoms with Gasteiger partial charge in [0, 0.05) is 18.0 Å². The number of amides is 1. The Morgan fingerprint density at radius 2 is 1.86 bits per heavy atom. The molecule has 0 aliphatic carbocycles. The molecule has 1 heterocycles. The second kappa shape index (κ2) is 9.85. The Morgan fingerprint density at radius 3 is 2.59 bits per heavy atom. The fourth-order valence-electron chi connectivity index (χ4n) is 2.51. The quantitative estimate of drug-likeness (QED) is 0.487. The smallest absolute Gasteiger partial charge is 0.337 e. The van der Waals surface area contributed by atoms with Crippen molar-refractivity contribution in [2.45, 2.75) is 6.61 Å². The summed E-state index contributed by atoms with van der Waals surface area (Å²) in [7, 11) is 1.31. The minimum Gasteiger partial charge on any atom is -0.487 e. The number of esters is 1. The van der Waals surface area contributed by atoms with Crippen LogP contribution in [0.3, 0.4) is 0 Å². The van der Waals surface area contributed by atoms with Gasteiger partial charge in [-0.25, -0.2) is 4.79 Å². The summed E-state index contributed by atoms with van der Waals surface area (Å²) in [5.41, 5.74) is 2.59. The van der Waals surface area contributed by atoms with Crippen LogP contribution in [-0.2, 0) is 16.1 Å². The van der Waals surface area contributed by atoms with Crippen LogP contribution in [0.2, 0.25) is 0 Å².